The zero-order valence-corrected chi connectivity index (χ0v) is 11.5. The Kier molecular flexibility index (Phi) is 4.33. The van der Waals surface area contributed by atoms with Gasteiger partial charge in [-0.25, -0.2) is 8.42 Å². The van der Waals surface area contributed by atoms with Gasteiger partial charge in [-0.2, -0.15) is 4.31 Å². The van der Waals surface area contributed by atoms with E-state index in [4.69, 9.17) is 5.11 Å². The van der Waals surface area contributed by atoms with Crippen molar-refractivity contribution in [3.63, 3.8) is 0 Å². The Labute approximate surface area is 106 Å². The van der Waals surface area contributed by atoms with E-state index in [0.29, 0.717) is 0 Å². The van der Waals surface area contributed by atoms with E-state index in [0.717, 1.165) is 6.26 Å². The smallest absolute Gasteiger partial charge is 0.305 e. The minimum Gasteiger partial charge on any atom is -0.481 e. The maximum atomic E-state index is 11.6. The molecule has 1 aliphatic rings. The van der Waals surface area contributed by atoms with Gasteiger partial charge in [0.25, 0.3) is 0 Å². The summed E-state index contributed by atoms with van der Waals surface area (Å²) in [6, 6.07) is -1.16. The van der Waals surface area contributed by atoms with Gasteiger partial charge in [0.1, 0.15) is 0 Å². The fourth-order valence-electron chi connectivity index (χ4n) is 2.35. The lowest BCUT2D eigenvalue weighted by Crippen LogP contribution is -2.61. The van der Waals surface area contributed by atoms with Crippen LogP contribution < -0.4 is 0 Å². The second-order valence-corrected chi connectivity index (χ2v) is 6.43. The van der Waals surface area contributed by atoms with Crippen LogP contribution in [0.2, 0.25) is 0 Å². The molecule has 1 fully saturated rings. The highest BCUT2D eigenvalue weighted by Crippen LogP contribution is 2.22. The van der Waals surface area contributed by atoms with Gasteiger partial charge in [0.2, 0.25) is 15.9 Å². The van der Waals surface area contributed by atoms with E-state index in [-0.39, 0.29) is 25.4 Å². The van der Waals surface area contributed by atoms with Crippen LogP contribution in [-0.2, 0) is 19.6 Å². The van der Waals surface area contributed by atoms with Crippen molar-refractivity contribution in [2.24, 2.45) is 0 Å². The number of carboxylic acids is 1. The van der Waals surface area contributed by atoms with Crippen molar-refractivity contribution in [1.82, 2.24) is 9.21 Å². The third-order valence-electron chi connectivity index (χ3n) is 3.19. The molecule has 1 heterocycles. The molecule has 104 valence electrons. The lowest BCUT2D eigenvalue weighted by molar-refractivity contribution is -0.142. The maximum absolute atomic E-state index is 11.6. The Bertz CT molecular complexity index is 447. The highest BCUT2D eigenvalue weighted by atomic mass is 32.2. The standard InChI is InChI=1S/C10H18N2O5S/c1-7-9(6-10(14)15)11(8(2)13)4-5-12(7)18(3,16)17/h7,9H,4-6H2,1-3H3,(H,14,15)/t7-,9+/m1/s1. The highest BCUT2D eigenvalue weighted by molar-refractivity contribution is 7.88. The number of nitrogens with zero attached hydrogens (tertiary/aromatic N) is 2. The molecule has 1 aliphatic heterocycles. The van der Waals surface area contributed by atoms with Gasteiger partial charge in [-0.3, -0.25) is 9.59 Å². The van der Waals surface area contributed by atoms with Gasteiger partial charge in [0, 0.05) is 26.1 Å². The van der Waals surface area contributed by atoms with Crippen molar-refractivity contribution < 1.29 is 23.1 Å². The topological polar surface area (TPSA) is 95.0 Å². The summed E-state index contributed by atoms with van der Waals surface area (Å²) < 4.78 is 24.4. The number of rotatable bonds is 3. The van der Waals surface area contributed by atoms with Crippen molar-refractivity contribution in [3.8, 4) is 0 Å². The Morgan fingerprint density at radius 1 is 1.33 bits per heavy atom. The van der Waals surface area contributed by atoms with Crippen LogP contribution >= 0.6 is 0 Å². The Hall–Kier alpha value is -1.15. The van der Waals surface area contributed by atoms with Gasteiger partial charge >= 0.3 is 5.97 Å². The molecule has 18 heavy (non-hydrogen) atoms. The third-order valence-corrected chi connectivity index (χ3v) is 4.55. The number of carboxylic acid groups (broad SMARTS) is 1. The highest BCUT2D eigenvalue weighted by Gasteiger charge is 2.39. The molecule has 0 bridgehead atoms. The van der Waals surface area contributed by atoms with Crippen molar-refractivity contribution in [1.29, 1.82) is 0 Å². The first-order valence-electron chi connectivity index (χ1n) is 5.60. The van der Waals surface area contributed by atoms with Gasteiger partial charge in [-0.15, -0.1) is 0 Å². The lowest BCUT2D eigenvalue weighted by atomic mass is 10.0. The molecule has 0 spiro atoms. The SMILES string of the molecule is CC(=O)N1CCN(S(C)(=O)=O)[C@H](C)[C@@H]1CC(=O)O. The molecule has 0 aromatic carbocycles. The van der Waals surface area contributed by atoms with E-state index in [1.165, 1.54) is 16.1 Å². The van der Waals surface area contributed by atoms with Crippen LogP contribution in [0.1, 0.15) is 20.3 Å². The minimum absolute atomic E-state index is 0.204. The van der Waals surface area contributed by atoms with E-state index in [9.17, 15) is 18.0 Å². The number of carbonyl (C=O) groups is 2. The van der Waals surface area contributed by atoms with Crippen molar-refractivity contribution >= 4 is 21.9 Å². The average molecular weight is 278 g/mol. The summed E-state index contributed by atoms with van der Waals surface area (Å²) in [7, 11) is -3.39. The quantitative estimate of drug-likeness (QED) is 0.739. The van der Waals surface area contributed by atoms with Gasteiger partial charge < -0.3 is 10.0 Å². The molecule has 0 aliphatic carbocycles. The van der Waals surface area contributed by atoms with Crippen LogP contribution in [0.3, 0.4) is 0 Å². The number of hydrogen-bond donors (Lipinski definition) is 1. The normalized spacial score (nSPS) is 26.1. The zero-order valence-electron chi connectivity index (χ0n) is 10.7. The molecule has 7 nitrogen and oxygen atoms in total. The molecule has 1 N–H and O–H groups in total. The molecular formula is C10H18N2O5S. The summed E-state index contributed by atoms with van der Waals surface area (Å²) in [5, 5.41) is 8.87. The van der Waals surface area contributed by atoms with Crippen LogP contribution in [0.25, 0.3) is 0 Å². The molecule has 0 aromatic rings. The fourth-order valence-corrected chi connectivity index (χ4v) is 3.50. The summed E-state index contributed by atoms with van der Waals surface area (Å²) >= 11 is 0. The fraction of sp³-hybridized carbons (Fsp3) is 0.800. The maximum Gasteiger partial charge on any atom is 0.305 e. The first-order chi connectivity index (χ1) is 8.14. The van der Waals surface area contributed by atoms with Crippen molar-refractivity contribution in [2.75, 3.05) is 19.3 Å². The molecule has 2 atom stereocenters. The third kappa shape index (κ3) is 3.20. The van der Waals surface area contributed by atoms with Crippen LogP contribution in [0.15, 0.2) is 0 Å². The second-order valence-electron chi connectivity index (χ2n) is 4.49. The predicted molar refractivity (Wildman–Crippen MR) is 64.4 cm³/mol. The van der Waals surface area contributed by atoms with Crippen LogP contribution in [-0.4, -0.2) is 66.0 Å². The molecule has 1 amide bonds. The first kappa shape index (κ1) is 14.9. The minimum atomic E-state index is -3.39. The zero-order chi connectivity index (χ0) is 14.1. The van der Waals surface area contributed by atoms with Gasteiger partial charge in [0.15, 0.2) is 0 Å². The van der Waals surface area contributed by atoms with Crippen molar-refractivity contribution in [3.05, 3.63) is 0 Å². The number of sulfonamides is 1. The predicted octanol–water partition coefficient (Wildman–Crippen LogP) is -0.658. The number of amides is 1. The summed E-state index contributed by atoms with van der Waals surface area (Å²) in [6.45, 7) is 3.42. The Balaban J connectivity index is 3.01. The van der Waals surface area contributed by atoms with Gasteiger partial charge in [0.05, 0.1) is 18.7 Å². The van der Waals surface area contributed by atoms with E-state index in [2.05, 4.69) is 0 Å². The Morgan fingerprint density at radius 2 is 1.89 bits per heavy atom. The molecule has 8 heteroatoms. The monoisotopic (exact) mass is 278 g/mol. The molecule has 0 aromatic heterocycles. The summed E-state index contributed by atoms with van der Waals surface area (Å²) in [4.78, 5) is 23.7. The summed E-state index contributed by atoms with van der Waals surface area (Å²) in [5.41, 5.74) is 0. The molecule has 1 saturated heterocycles. The summed E-state index contributed by atoms with van der Waals surface area (Å²) in [6.07, 6.45) is 0.831. The van der Waals surface area contributed by atoms with E-state index in [1.807, 2.05) is 0 Å². The number of hydrogen-bond acceptors (Lipinski definition) is 4. The summed E-state index contributed by atoms with van der Waals surface area (Å²) in [5.74, 6) is -1.28. The van der Waals surface area contributed by atoms with Gasteiger partial charge in [-0.1, -0.05) is 0 Å². The molecule has 0 unspecified atom stereocenters. The Morgan fingerprint density at radius 3 is 2.28 bits per heavy atom. The first-order valence-corrected chi connectivity index (χ1v) is 7.45. The molecular weight excluding hydrogens is 260 g/mol. The number of piperazine rings is 1. The number of aliphatic carboxylic acids is 1. The average Bonchev–Trinajstić information content (AvgIpc) is 2.17. The second kappa shape index (κ2) is 5.23. The van der Waals surface area contributed by atoms with Crippen LogP contribution in [0.5, 0.6) is 0 Å². The van der Waals surface area contributed by atoms with Gasteiger partial charge in [-0.05, 0) is 6.92 Å². The lowest BCUT2D eigenvalue weighted by Gasteiger charge is -2.44. The van der Waals surface area contributed by atoms with E-state index >= 15 is 0 Å². The molecule has 0 radical (unpaired) electrons. The largest absolute Gasteiger partial charge is 0.481 e. The van der Waals surface area contributed by atoms with E-state index in [1.54, 1.807) is 6.92 Å². The van der Waals surface area contributed by atoms with Crippen LogP contribution in [0, 0.1) is 0 Å². The van der Waals surface area contributed by atoms with Crippen LogP contribution in [0.4, 0.5) is 0 Å². The van der Waals surface area contributed by atoms with E-state index < -0.39 is 28.1 Å². The molecule has 0 saturated carbocycles. The number of carbonyl (C=O) groups excluding carboxylic acids is 1. The molecule has 1 rings (SSSR count). The van der Waals surface area contributed by atoms with Crippen molar-refractivity contribution in [2.45, 2.75) is 32.4 Å².